The molecule has 0 aliphatic rings. The normalized spacial score (nSPS) is 11.5. The zero-order chi connectivity index (χ0) is 37.0. The smallest absolute Gasteiger partial charge is 0.546 e. The minimum Gasteiger partial charge on any atom is -0.546 e. The molecule has 0 aliphatic carbocycles. The van der Waals surface area contributed by atoms with Gasteiger partial charge in [0.05, 0.1) is 19.5 Å². The largest absolute Gasteiger partial charge is 2.00 e. The Labute approximate surface area is 364 Å². The third-order valence-electron chi connectivity index (χ3n) is 7.13. The van der Waals surface area contributed by atoms with Crippen molar-refractivity contribution in [2.45, 2.75) is 0 Å². The van der Waals surface area contributed by atoms with Crippen LogP contribution in [0.25, 0.3) is 20.1 Å². The van der Waals surface area contributed by atoms with Crippen molar-refractivity contribution in [2.24, 2.45) is 0 Å². The van der Waals surface area contributed by atoms with Crippen LogP contribution in [0.5, 0.6) is 11.5 Å². The molecular weight excluding hydrogens is 984 g/mol. The first kappa shape index (κ1) is 42.7. The Hall–Kier alpha value is -3.01. The van der Waals surface area contributed by atoms with Crippen LogP contribution >= 0.6 is 86.4 Å². The molecule has 0 N–H and O–H groups in total. The van der Waals surface area contributed by atoms with E-state index >= 15 is 0 Å². The predicted molar refractivity (Wildman–Crippen MR) is 226 cm³/mol. The maximum absolute atomic E-state index is 10.5. The van der Waals surface area contributed by atoms with Gasteiger partial charge in [0.1, 0.15) is 24.7 Å². The molecule has 6 aromatic rings. The summed E-state index contributed by atoms with van der Waals surface area (Å²) in [5.41, 5.74) is 6.25. The molecule has 0 radical (unpaired) electrons. The van der Waals surface area contributed by atoms with Gasteiger partial charge in [0.15, 0.2) is 0 Å². The van der Waals surface area contributed by atoms with Gasteiger partial charge in [0.2, 0.25) is 0 Å². The molecule has 0 unspecified atom stereocenters. The average molecular weight is 1010 g/mol. The van der Waals surface area contributed by atoms with E-state index in [0.717, 1.165) is 59.7 Å². The van der Waals surface area contributed by atoms with Crippen molar-refractivity contribution in [2.75, 3.05) is 13.2 Å². The monoisotopic (exact) mass is 1010 g/mol. The summed E-state index contributed by atoms with van der Waals surface area (Å²) in [5, 5.41) is 21.1. The molecule has 0 spiro atoms. The Morgan fingerprint density at radius 3 is 1.11 bits per heavy atom. The molecule has 53 heavy (non-hydrogen) atoms. The van der Waals surface area contributed by atoms with Gasteiger partial charge in [-0.1, -0.05) is 84.9 Å². The number of thiophene rings is 2. The number of carbonyl (C=O) groups is 2. The van der Waals surface area contributed by atoms with Crippen molar-refractivity contribution in [3.05, 3.63) is 173 Å². The summed E-state index contributed by atoms with van der Waals surface area (Å²) >= 11 is 17.8. The van der Waals surface area contributed by atoms with Crippen molar-refractivity contribution >= 4 is 141 Å². The molecule has 4 aromatic carbocycles. The molecule has 0 fully saturated rings. The Morgan fingerprint density at radius 2 is 0.830 bits per heavy atom. The minimum absolute atomic E-state index is 0. The fourth-order valence-corrected chi connectivity index (χ4v) is 9.42. The summed E-state index contributed by atoms with van der Waals surface area (Å²) in [4.78, 5) is 23.3. The van der Waals surface area contributed by atoms with E-state index in [9.17, 15) is 19.8 Å². The number of carboxylic acids is 2. The third kappa shape index (κ3) is 12.5. The van der Waals surface area contributed by atoms with Crippen LogP contribution in [0.3, 0.4) is 0 Å². The van der Waals surface area contributed by atoms with Gasteiger partial charge in [-0.3, -0.25) is 0 Å². The van der Waals surface area contributed by atoms with Crippen molar-refractivity contribution < 1.29 is 29.3 Å². The molecule has 0 bridgehead atoms. The van der Waals surface area contributed by atoms with E-state index in [1.54, 1.807) is 46.9 Å². The number of hydrogen-bond donors (Lipinski definition) is 0. The number of hydrogen-bond acceptors (Lipinski definition) is 8. The molecule has 6 nitrogen and oxygen atoms in total. The SMILES string of the molecule is O=C([O-])COc1ccc(/C(=C(\Br)c2ccccc2)c2ccc(Br)s2)cc1.O=C([O-])COc1ccc(/C(=C(\Br)c2ccccc2)c2ccc(Br)s2)cc1.[Mg+2]. The maximum Gasteiger partial charge on any atom is 2.00 e. The summed E-state index contributed by atoms with van der Waals surface area (Å²) in [7, 11) is 0. The molecule has 2 aromatic heterocycles. The summed E-state index contributed by atoms with van der Waals surface area (Å²) in [6.45, 7) is -0.929. The van der Waals surface area contributed by atoms with E-state index in [-0.39, 0.29) is 23.1 Å². The predicted octanol–water partition coefficient (Wildman–Crippen LogP) is 9.52. The quantitative estimate of drug-likeness (QED) is 0.0896. The van der Waals surface area contributed by atoms with Crippen LogP contribution in [0.15, 0.2) is 141 Å². The van der Waals surface area contributed by atoms with Gasteiger partial charge in [0.25, 0.3) is 0 Å². The molecule has 0 saturated heterocycles. The van der Waals surface area contributed by atoms with Gasteiger partial charge in [-0.15, -0.1) is 22.7 Å². The van der Waals surface area contributed by atoms with Crippen LogP contribution in [-0.2, 0) is 9.59 Å². The van der Waals surface area contributed by atoms with E-state index in [0.29, 0.717) is 11.5 Å². The zero-order valence-electron chi connectivity index (χ0n) is 27.6. The maximum atomic E-state index is 10.5. The van der Waals surface area contributed by atoms with Crippen molar-refractivity contribution in [1.82, 2.24) is 0 Å². The number of benzene rings is 4. The topological polar surface area (TPSA) is 98.7 Å². The summed E-state index contributed by atoms with van der Waals surface area (Å²) in [6.07, 6.45) is 0. The van der Waals surface area contributed by atoms with Crippen LogP contribution < -0.4 is 19.7 Å². The molecule has 0 aliphatic heterocycles. The fraction of sp³-hybridized carbons (Fsp3) is 0.0500. The Morgan fingerprint density at radius 1 is 0.491 bits per heavy atom. The fourth-order valence-electron chi connectivity index (χ4n) is 4.83. The first-order valence-corrected chi connectivity index (χ1v) is 20.2. The molecule has 0 saturated carbocycles. The molecule has 0 atom stereocenters. The molecule has 264 valence electrons. The van der Waals surface area contributed by atoms with E-state index in [1.807, 2.05) is 97.1 Å². The van der Waals surface area contributed by atoms with Crippen LogP contribution in [0.4, 0.5) is 0 Å². The second kappa shape index (κ2) is 21.2. The van der Waals surface area contributed by atoms with Crippen LogP contribution in [-0.4, -0.2) is 48.2 Å². The van der Waals surface area contributed by atoms with Gasteiger partial charge >= 0.3 is 23.1 Å². The second-order valence-corrected chi connectivity index (χ2v) is 17.2. The van der Waals surface area contributed by atoms with Gasteiger partial charge in [0, 0.05) is 29.9 Å². The number of halogens is 4. The molecule has 0 amide bonds. The van der Waals surface area contributed by atoms with E-state index in [4.69, 9.17) is 9.47 Å². The van der Waals surface area contributed by atoms with Gasteiger partial charge in [-0.05, 0) is 135 Å². The third-order valence-corrected chi connectivity index (χ3v) is 12.1. The standard InChI is InChI=1S/2C20H14Br2O3S.Mg/c2*21-17-11-10-16(26-17)19(20(22)14-4-2-1-3-5-14)13-6-8-15(9-7-13)25-12-18(23)24;/h2*1-11H,12H2,(H,23,24);/q;;+2/p-2/b2*20-19+;. The Bertz CT molecular complexity index is 2030. The summed E-state index contributed by atoms with van der Waals surface area (Å²) in [6, 6.07) is 43.0. The van der Waals surface area contributed by atoms with Gasteiger partial charge < -0.3 is 29.3 Å². The minimum atomic E-state index is -1.25. The Kier molecular flexibility index (Phi) is 17.1. The van der Waals surface area contributed by atoms with Gasteiger partial charge in [-0.2, -0.15) is 0 Å². The van der Waals surface area contributed by atoms with E-state index in [2.05, 4.69) is 75.9 Å². The molecular formula is C40H26Br4MgO6S2. The van der Waals surface area contributed by atoms with Crippen LogP contribution in [0.2, 0.25) is 0 Å². The first-order chi connectivity index (χ1) is 25.1. The number of carbonyl (C=O) groups excluding carboxylic acids is 2. The number of ether oxygens (including phenoxy) is 2. The van der Waals surface area contributed by atoms with Crippen molar-refractivity contribution in [3.63, 3.8) is 0 Å². The van der Waals surface area contributed by atoms with E-state index < -0.39 is 25.2 Å². The van der Waals surface area contributed by atoms with Crippen molar-refractivity contribution in [3.8, 4) is 11.5 Å². The van der Waals surface area contributed by atoms with Crippen LogP contribution in [0.1, 0.15) is 32.0 Å². The molecule has 2 heterocycles. The first-order valence-electron chi connectivity index (χ1n) is 15.4. The molecule has 6 rings (SSSR count). The average Bonchev–Trinajstić information content (AvgIpc) is 3.79. The number of aliphatic carboxylic acids is 2. The van der Waals surface area contributed by atoms with Crippen molar-refractivity contribution in [1.29, 1.82) is 0 Å². The van der Waals surface area contributed by atoms with Crippen LogP contribution in [0, 0.1) is 0 Å². The summed E-state index contributed by atoms with van der Waals surface area (Å²) in [5.74, 6) is -1.52. The Balaban J connectivity index is 0.000000232. The number of carboxylic acid groups (broad SMARTS) is 2. The zero-order valence-corrected chi connectivity index (χ0v) is 37.0. The summed E-state index contributed by atoms with van der Waals surface area (Å²) < 4.78 is 14.4. The number of rotatable bonds is 12. The second-order valence-electron chi connectivity index (χ2n) is 10.7. The van der Waals surface area contributed by atoms with E-state index in [1.165, 1.54) is 0 Å². The molecule has 13 heteroatoms. The van der Waals surface area contributed by atoms with Gasteiger partial charge in [-0.25, -0.2) is 0 Å².